The number of amides is 3. The Bertz CT molecular complexity index is 1680. The topological polar surface area (TPSA) is 148 Å². The molecule has 13 heteroatoms. The summed E-state index contributed by atoms with van der Waals surface area (Å²) in [7, 11) is -3.61. The van der Waals surface area contributed by atoms with Crippen molar-refractivity contribution >= 4 is 50.9 Å². The van der Waals surface area contributed by atoms with Gasteiger partial charge in [0, 0.05) is 38.7 Å². The van der Waals surface area contributed by atoms with Crippen LogP contribution in [-0.2, 0) is 26.3 Å². The van der Waals surface area contributed by atoms with Gasteiger partial charge in [0.2, 0.25) is 15.9 Å². The number of rotatable bonds is 9. The second-order valence-corrected chi connectivity index (χ2v) is 14.7. The van der Waals surface area contributed by atoms with Crippen molar-refractivity contribution in [2.45, 2.75) is 69.7 Å². The van der Waals surface area contributed by atoms with E-state index in [1.165, 1.54) is 0 Å². The summed E-state index contributed by atoms with van der Waals surface area (Å²) in [5.41, 5.74) is 8.80. The second-order valence-electron chi connectivity index (χ2n) is 12.1. The average Bonchev–Trinajstić information content (AvgIpc) is 2.99. The lowest BCUT2D eigenvalue weighted by Gasteiger charge is -2.54. The van der Waals surface area contributed by atoms with E-state index in [1.54, 1.807) is 65.6 Å². The first kappa shape index (κ1) is 33.2. The van der Waals surface area contributed by atoms with E-state index in [0.717, 1.165) is 19.1 Å². The van der Waals surface area contributed by atoms with Crippen LogP contribution in [0.2, 0.25) is 0 Å². The molecule has 240 valence electrons. The number of carbonyl (C=O) groups is 3. The number of hydrogen-bond donors (Lipinski definition) is 3. The number of hydrogen-bond acceptors (Lipinski definition) is 6. The van der Waals surface area contributed by atoms with Gasteiger partial charge in [-0.3, -0.25) is 19.2 Å². The van der Waals surface area contributed by atoms with Crippen molar-refractivity contribution in [3.63, 3.8) is 0 Å². The molecule has 0 spiro atoms. The third-order valence-corrected chi connectivity index (χ3v) is 10.5. The molecule has 10 nitrogen and oxygen atoms in total. The van der Waals surface area contributed by atoms with Gasteiger partial charge in [-0.2, -0.15) is 0 Å². The van der Waals surface area contributed by atoms with Crippen molar-refractivity contribution in [2.75, 3.05) is 6.26 Å². The normalized spacial score (nSPS) is 26.8. The monoisotopic (exact) mass is 674 g/mol. The van der Waals surface area contributed by atoms with Crippen LogP contribution in [-0.4, -0.2) is 55.4 Å². The summed E-state index contributed by atoms with van der Waals surface area (Å²) in [6, 6.07) is 11.5. The summed E-state index contributed by atoms with van der Waals surface area (Å²) in [6.07, 6.45) is 7.50. The first-order valence-corrected chi connectivity index (χ1v) is 17.4. The highest BCUT2D eigenvalue weighted by molar-refractivity contribution is 7.88. The van der Waals surface area contributed by atoms with E-state index in [2.05, 4.69) is 10.2 Å². The van der Waals surface area contributed by atoms with Gasteiger partial charge in [0.25, 0.3) is 11.8 Å². The summed E-state index contributed by atoms with van der Waals surface area (Å²) in [5.74, 6) is -2.35. The van der Waals surface area contributed by atoms with E-state index in [0.29, 0.717) is 51.6 Å². The Morgan fingerprint density at radius 2 is 1.84 bits per heavy atom. The van der Waals surface area contributed by atoms with Crippen LogP contribution in [0.5, 0.6) is 0 Å². The molecule has 0 saturated heterocycles. The minimum atomic E-state index is -3.61. The maximum absolute atomic E-state index is 14.5. The smallest absolute Gasteiger partial charge is 0.254 e. The molecule has 2 aromatic carbocycles. The van der Waals surface area contributed by atoms with Crippen molar-refractivity contribution < 1.29 is 27.6 Å². The Hall–Kier alpha value is -3.22. The quantitative estimate of drug-likeness (QED) is 0.335. The van der Waals surface area contributed by atoms with Crippen LogP contribution in [0.1, 0.15) is 76.8 Å². The number of allylic oxidation sites excluding steroid dienone is 3. The van der Waals surface area contributed by atoms with Gasteiger partial charge in [0.15, 0.2) is 0 Å². The largest absolute Gasteiger partial charge is 0.366 e. The second kappa shape index (κ2) is 13.3. The lowest BCUT2D eigenvalue weighted by molar-refractivity contribution is -0.139. The predicted octanol–water partition coefficient (Wildman–Crippen LogP) is 4.46. The number of nitrogens with one attached hydrogen (secondary N) is 2. The standard InChI is InChI=1S/C32H36Cl2N4O6S/c1-32(15-14-21(33)17-26(32)34)28-27(30(40)36-44-18-19-8-7-9-20(16-19)29(35)39)22-10-3-4-11-23(22)31(41)38(28)25-13-6-5-12-24(25)37-45(2,42)43/h3-4,7-11,14,16-17,24-25,27-28,37H,5-6,12-13,15,18H2,1-2H3,(H2,35,39)(H,36,40)/t24-,25-,27+,28+,32?/m0/s1. The van der Waals surface area contributed by atoms with E-state index < -0.39 is 51.3 Å². The van der Waals surface area contributed by atoms with Crippen molar-refractivity contribution in [3.05, 3.63) is 93.0 Å². The fraction of sp³-hybridized carbons (Fsp3) is 0.406. The molecular weight excluding hydrogens is 639 g/mol. The summed E-state index contributed by atoms with van der Waals surface area (Å²) < 4.78 is 27.6. The van der Waals surface area contributed by atoms with Gasteiger partial charge in [0.05, 0.1) is 24.8 Å². The molecule has 5 atom stereocenters. The van der Waals surface area contributed by atoms with Crippen LogP contribution in [0.25, 0.3) is 0 Å². The summed E-state index contributed by atoms with van der Waals surface area (Å²) in [5, 5.41) is 0.825. The van der Waals surface area contributed by atoms with Gasteiger partial charge in [-0.1, -0.05) is 79.4 Å². The zero-order chi connectivity index (χ0) is 32.5. The lowest BCUT2D eigenvalue weighted by Crippen LogP contribution is -2.66. The third-order valence-electron chi connectivity index (χ3n) is 8.92. The van der Waals surface area contributed by atoms with Crippen molar-refractivity contribution in [1.29, 1.82) is 0 Å². The maximum atomic E-state index is 14.5. The Morgan fingerprint density at radius 1 is 1.11 bits per heavy atom. The number of sulfonamides is 1. The molecule has 0 radical (unpaired) electrons. The Kier molecular flexibility index (Phi) is 9.76. The van der Waals surface area contributed by atoms with Crippen LogP contribution >= 0.6 is 23.2 Å². The van der Waals surface area contributed by atoms with Gasteiger partial charge in [0.1, 0.15) is 0 Å². The highest BCUT2D eigenvalue weighted by atomic mass is 35.5. The van der Waals surface area contributed by atoms with E-state index in [9.17, 15) is 22.8 Å². The molecular formula is C32H36Cl2N4O6S. The summed E-state index contributed by atoms with van der Waals surface area (Å²) in [6.45, 7) is 1.84. The van der Waals surface area contributed by atoms with E-state index >= 15 is 0 Å². The van der Waals surface area contributed by atoms with Gasteiger partial charge >= 0.3 is 0 Å². The molecule has 0 bridgehead atoms. The summed E-state index contributed by atoms with van der Waals surface area (Å²) in [4.78, 5) is 47.7. The van der Waals surface area contributed by atoms with E-state index in [-0.39, 0.29) is 12.5 Å². The zero-order valence-electron chi connectivity index (χ0n) is 25.0. The number of primary amides is 1. The third kappa shape index (κ3) is 6.97. The van der Waals surface area contributed by atoms with Gasteiger partial charge in [-0.25, -0.2) is 18.6 Å². The molecule has 5 rings (SSSR count). The molecule has 1 aliphatic heterocycles. The molecule has 1 fully saturated rings. The number of benzene rings is 2. The number of fused-ring (bicyclic) bond motifs is 1. The van der Waals surface area contributed by atoms with Crippen LogP contribution in [0.4, 0.5) is 0 Å². The number of nitrogens with two attached hydrogens (primary N) is 1. The van der Waals surface area contributed by atoms with Crippen molar-refractivity contribution in [1.82, 2.24) is 15.1 Å². The predicted molar refractivity (Wildman–Crippen MR) is 172 cm³/mol. The van der Waals surface area contributed by atoms with E-state index in [1.807, 2.05) is 6.92 Å². The molecule has 1 saturated carbocycles. The zero-order valence-corrected chi connectivity index (χ0v) is 27.3. The van der Waals surface area contributed by atoms with Crippen LogP contribution < -0.4 is 15.9 Å². The first-order chi connectivity index (χ1) is 21.3. The molecule has 3 aliphatic rings. The molecule has 2 aliphatic carbocycles. The molecule has 0 aromatic heterocycles. The first-order valence-electron chi connectivity index (χ1n) is 14.7. The van der Waals surface area contributed by atoms with Gasteiger partial charge < -0.3 is 10.6 Å². The molecule has 1 unspecified atom stereocenters. The maximum Gasteiger partial charge on any atom is 0.254 e. The minimum absolute atomic E-state index is 0.0478. The number of nitrogens with zero attached hydrogens (tertiary/aromatic N) is 1. The van der Waals surface area contributed by atoms with Crippen molar-refractivity contribution in [2.24, 2.45) is 11.1 Å². The number of hydroxylamine groups is 1. The Labute approximate surface area is 273 Å². The van der Waals surface area contributed by atoms with Crippen LogP contribution in [0.3, 0.4) is 0 Å². The highest BCUT2D eigenvalue weighted by Crippen LogP contribution is 2.52. The number of carbonyl (C=O) groups excluding carboxylic acids is 3. The average molecular weight is 676 g/mol. The Balaban J connectivity index is 1.57. The molecule has 4 N–H and O–H groups in total. The fourth-order valence-corrected chi connectivity index (χ4v) is 8.19. The minimum Gasteiger partial charge on any atom is -0.366 e. The van der Waals surface area contributed by atoms with E-state index in [4.69, 9.17) is 33.8 Å². The lowest BCUT2D eigenvalue weighted by atomic mass is 9.65. The summed E-state index contributed by atoms with van der Waals surface area (Å²) >= 11 is 13.3. The van der Waals surface area contributed by atoms with Crippen LogP contribution in [0, 0.1) is 5.41 Å². The molecule has 3 amide bonds. The van der Waals surface area contributed by atoms with Crippen molar-refractivity contribution in [3.8, 4) is 0 Å². The number of halogens is 2. The van der Waals surface area contributed by atoms with Crippen LogP contribution in [0.15, 0.2) is 70.7 Å². The molecule has 2 aromatic rings. The fourth-order valence-electron chi connectivity index (χ4n) is 6.81. The van der Waals surface area contributed by atoms with Gasteiger partial charge in [-0.05, 0) is 54.7 Å². The highest BCUT2D eigenvalue weighted by Gasteiger charge is 2.56. The molecule has 45 heavy (non-hydrogen) atoms. The Morgan fingerprint density at radius 3 is 2.56 bits per heavy atom. The molecule has 1 heterocycles. The SMILES string of the molecule is CC1([C@H]2[C@H](C(=O)NOCc3cccc(C(N)=O)c3)c3ccccc3C(=O)N2[C@H]2CCCC[C@@H]2NS(C)(=O)=O)CC=C(Cl)C=C1Cl. The van der Waals surface area contributed by atoms with Gasteiger partial charge in [-0.15, -0.1) is 0 Å².